The van der Waals surface area contributed by atoms with Gasteiger partial charge in [0.15, 0.2) is 0 Å². The number of phenolic OH excluding ortho intramolecular Hbond substituents is 1. The number of imidazole rings is 1. The van der Waals surface area contributed by atoms with Crippen LogP contribution in [0.25, 0.3) is 11.0 Å². The van der Waals surface area contributed by atoms with Crippen LogP contribution in [-0.2, 0) is 20.8 Å². The van der Waals surface area contributed by atoms with Crippen LogP contribution in [0.15, 0.2) is 12.1 Å². The van der Waals surface area contributed by atoms with Crippen LogP contribution in [0.3, 0.4) is 0 Å². The zero-order valence-corrected chi connectivity index (χ0v) is 13.8. The van der Waals surface area contributed by atoms with Gasteiger partial charge in [-0.25, -0.2) is 9.78 Å². The number of benzene rings is 1. The van der Waals surface area contributed by atoms with Gasteiger partial charge in [0.2, 0.25) is 0 Å². The Morgan fingerprint density at radius 3 is 2.52 bits per heavy atom. The minimum absolute atomic E-state index is 0.0658. The summed E-state index contributed by atoms with van der Waals surface area (Å²) in [7, 11) is 1.25. The number of aromatic hydroxyl groups is 1. The van der Waals surface area contributed by atoms with Crippen LogP contribution in [0.2, 0.25) is 0 Å². The molecule has 1 aromatic heterocycles. The molecule has 1 heterocycles. The third kappa shape index (κ3) is 3.61. The van der Waals surface area contributed by atoms with Crippen molar-refractivity contribution in [2.75, 3.05) is 7.11 Å². The van der Waals surface area contributed by atoms with E-state index in [1.165, 1.54) is 19.2 Å². The molecule has 23 heavy (non-hydrogen) atoms. The van der Waals surface area contributed by atoms with E-state index in [-0.39, 0.29) is 17.9 Å². The number of carbonyl (C=O) groups is 2. The Balaban J connectivity index is 2.49. The minimum atomic E-state index is -0.604. The standard InChI is InChI=1S/C16H20N2O5/c1-9-17-14-11(15(21)22-5)6-10(19)7-12(14)18(9)8-13(20)23-16(2,3)4/h6-7,19H,8H2,1-5H3. The highest BCUT2D eigenvalue weighted by molar-refractivity contribution is 6.03. The van der Waals surface area contributed by atoms with Crippen molar-refractivity contribution in [2.45, 2.75) is 39.8 Å². The quantitative estimate of drug-likeness (QED) is 0.872. The molecule has 1 aromatic carbocycles. The van der Waals surface area contributed by atoms with Crippen LogP contribution in [0.1, 0.15) is 37.0 Å². The van der Waals surface area contributed by atoms with Crippen LogP contribution in [-0.4, -0.2) is 39.3 Å². The summed E-state index contributed by atoms with van der Waals surface area (Å²) < 4.78 is 11.6. The summed E-state index contributed by atoms with van der Waals surface area (Å²) in [5.41, 5.74) is 0.388. The molecule has 0 radical (unpaired) electrons. The maximum Gasteiger partial charge on any atom is 0.340 e. The fourth-order valence-electron chi connectivity index (χ4n) is 2.29. The van der Waals surface area contributed by atoms with Gasteiger partial charge in [-0.1, -0.05) is 0 Å². The molecule has 0 atom stereocenters. The van der Waals surface area contributed by atoms with E-state index in [1.54, 1.807) is 32.3 Å². The summed E-state index contributed by atoms with van der Waals surface area (Å²) in [4.78, 5) is 28.2. The SMILES string of the molecule is COC(=O)c1cc(O)cc2c1nc(C)n2CC(=O)OC(C)(C)C. The highest BCUT2D eigenvalue weighted by Gasteiger charge is 2.21. The first-order chi connectivity index (χ1) is 10.6. The molecule has 7 nitrogen and oxygen atoms in total. The number of aryl methyl sites for hydroxylation is 1. The minimum Gasteiger partial charge on any atom is -0.508 e. The molecule has 0 spiro atoms. The molecule has 0 saturated heterocycles. The Morgan fingerprint density at radius 2 is 1.96 bits per heavy atom. The van der Waals surface area contributed by atoms with Gasteiger partial charge in [-0.2, -0.15) is 0 Å². The number of esters is 2. The normalized spacial score (nSPS) is 11.5. The smallest absolute Gasteiger partial charge is 0.340 e. The molecule has 0 unspecified atom stereocenters. The predicted molar refractivity (Wildman–Crippen MR) is 83.3 cm³/mol. The number of aromatic nitrogens is 2. The van der Waals surface area contributed by atoms with Crippen molar-refractivity contribution < 1.29 is 24.2 Å². The molecule has 1 N–H and O–H groups in total. The second kappa shape index (κ2) is 5.91. The van der Waals surface area contributed by atoms with Crippen LogP contribution < -0.4 is 0 Å². The van der Waals surface area contributed by atoms with E-state index in [0.29, 0.717) is 16.9 Å². The summed E-state index contributed by atoms with van der Waals surface area (Å²) in [6.07, 6.45) is 0. The zero-order valence-electron chi connectivity index (χ0n) is 13.8. The second-order valence-corrected chi connectivity index (χ2v) is 6.18. The molecule has 2 rings (SSSR count). The highest BCUT2D eigenvalue weighted by Crippen LogP contribution is 2.26. The molecule has 0 aliphatic rings. The van der Waals surface area contributed by atoms with Gasteiger partial charge in [-0.05, 0) is 33.8 Å². The molecule has 124 valence electrons. The topological polar surface area (TPSA) is 90.6 Å². The van der Waals surface area contributed by atoms with Crippen LogP contribution in [0, 0.1) is 6.92 Å². The zero-order chi connectivity index (χ0) is 17.4. The fourth-order valence-corrected chi connectivity index (χ4v) is 2.29. The van der Waals surface area contributed by atoms with Gasteiger partial charge < -0.3 is 19.1 Å². The van der Waals surface area contributed by atoms with Crippen molar-refractivity contribution in [3.8, 4) is 5.75 Å². The van der Waals surface area contributed by atoms with Gasteiger partial charge in [0.25, 0.3) is 0 Å². The summed E-state index contributed by atoms with van der Waals surface area (Å²) in [5.74, 6) is -0.611. The van der Waals surface area contributed by atoms with Gasteiger partial charge in [-0.15, -0.1) is 0 Å². The summed E-state index contributed by atoms with van der Waals surface area (Å²) in [6, 6.07) is 2.74. The number of nitrogens with zero attached hydrogens (tertiary/aromatic N) is 2. The highest BCUT2D eigenvalue weighted by atomic mass is 16.6. The maximum atomic E-state index is 12.1. The van der Waals surface area contributed by atoms with Crippen molar-refractivity contribution in [3.63, 3.8) is 0 Å². The third-order valence-corrected chi connectivity index (χ3v) is 3.14. The molecule has 0 aliphatic heterocycles. The molecule has 2 aromatic rings. The lowest BCUT2D eigenvalue weighted by Gasteiger charge is -2.20. The van der Waals surface area contributed by atoms with Crippen LogP contribution in [0.4, 0.5) is 0 Å². The predicted octanol–water partition coefficient (Wildman–Crippen LogP) is 2.18. The number of hydrogen-bond acceptors (Lipinski definition) is 6. The summed E-state index contributed by atoms with van der Waals surface area (Å²) in [6.45, 7) is 6.99. The molecule has 7 heteroatoms. The summed E-state index contributed by atoms with van der Waals surface area (Å²) >= 11 is 0. The van der Waals surface area contributed by atoms with Crippen molar-refractivity contribution in [3.05, 3.63) is 23.5 Å². The lowest BCUT2D eigenvalue weighted by atomic mass is 10.1. The largest absolute Gasteiger partial charge is 0.508 e. The van der Waals surface area contributed by atoms with E-state index in [0.717, 1.165) is 0 Å². The van der Waals surface area contributed by atoms with Gasteiger partial charge in [0, 0.05) is 6.07 Å². The molecule has 0 saturated carbocycles. The number of fused-ring (bicyclic) bond motifs is 1. The Labute approximate surface area is 133 Å². The molecule has 0 fully saturated rings. The Kier molecular flexibility index (Phi) is 4.31. The van der Waals surface area contributed by atoms with Gasteiger partial charge in [0.1, 0.15) is 29.2 Å². The number of phenols is 1. The van der Waals surface area contributed by atoms with E-state index >= 15 is 0 Å². The maximum absolute atomic E-state index is 12.1. The Morgan fingerprint density at radius 1 is 1.30 bits per heavy atom. The number of ether oxygens (including phenoxy) is 2. The van der Waals surface area contributed by atoms with Crippen molar-refractivity contribution in [1.82, 2.24) is 9.55 Å². The average molecular weight is 320 g/mol. The first kappa shape index (κ1) is 16.8. The summed E-state index contributed by atoms with van der Waals surface area (Å²) in [5, 5.41) is 9.84. The fraction of sp³-hybridized carbons (Fsp3) is 0.438. The molecule has 0 amide bonds. The molecular formula is C16H20N2O5. The van der Waals surface area contributed by atoms with Crippen molar-refractivity contribution >= 4 is 23.0 Å². The van der Waals surface area contributed by atoms with E-state index in [4.69, 9.17) is 9.47 Å². The average Bonchev–Trinajstić information content (AvgIpc) is 2.72. The van der Waals surface area contributed by atoms with E-state index in [1.807, 2.05) is 0 Å². The van der Waals surface area contributed by atoms with Crippen molar-refractivity contribution in [2.24, 2.45) is 0 Å². The second-order valence-electron chi connectivity index (χ2n) is 6.18. The lowest BCUT2D eigenvalue weighted by Crippen LogP contribution is -2.26. The van der Waals surface area contributed by atoms with Gasteiger partial charge in [0.05, 0.1) is 18.2 Å². The Bertz CT molecular complexity index is 771. The Hall–Kier alpha value is -2.57. The van der Waals surface area contributed by atoms with E-state index in [9.17, 15) is 14.7 Å². The molecule has 0 aliphatic carbocycles. The van der Waals surface area contributed by atoms with E-state index in [2.05, 4.69) is 4.98 Å². The van der Waals surface area contributed by atoms with Crippen LogP contribution >= 0.6 is 0 Å². The molecular weight excluding hydrogens is 300 g/mol. The number of hydrogen-bond donors (Lipinski definition) is 1. The monoisotopic (exact) mass is 320 g/mol. The van der Waals surface area contributed by atoms with Gasteiger partial charge >= 0.3 is 11.9 Å². The number of carbonyl (C=O) groups excluding carboxylic acids is 2. The molecule has 0 bridgehead atoms. The van der Waals surface area contributed by atoms with Gasteiger partial charge in [-0.3, -0.25) is 4.79 Å². The third-order valence-electron chi connectivity index (χ3n) is 3.14. The van der Waals surface area contributed by atoms with E-state index < -0.39 is 17.5 Å². The lowest BCUT2D eigenvalue weighted by molar-refractivity contribution is -0.155. The first-order valence-electron chi connectivity index (χ1n) is 7.12. The first-order valence-corrected chi connectivity index (χ1v) is 7.12. The number of methoxy groups -OCH3 is 1. The van der Waals surface area contributed by atoms with Crippen LogP contribution in [0.5, 0.6) is 5.75 Å². The van der Waals surface area contributed by atoms with Crippen molar-refractivity contribution in [1.29, 1.82) is 0 Å². The number of rotatable bonds is 3.